The van der Waals surface area contributed by atoms with Gasteiger partial charge in [0.25, 0.3) is 0 Å². The van der Waals surface area contributed by atoms with Crippen LogP contribution in [0.1, 0.15) is 43.7 Å². The van der Waals surface area contributed by atoms with Crippen molar-refractivity contribution in [3.63, 3.8) is 0 Å². The van der Waals surface area contributed by atoms with Crippen LogP contribution in [0.3, 0.4) is 0 Å². The molecule has 0 saturated heterocycles. The number of nitrogens with zero attached hydrogens (tertiary/aromatic N) is 2. The fourth-order valence-corrected chi connectivity index (χ4v) is 2.92. The normalized spacial score (nSPS) is 16.5. The highest BCUT2D eigenvalue weighted by Gasteiger charge is 2.17. The fraction of sp³-hybridized carbons (Fsp3) is 0.438. The largest absolute Gasteiger partial charge is 0.326 e. The molecule has 19 heavy (non-hydrogen) atoms. The highest BCUT2D eigenvalue weighted by atomic mass is 15.2. The van der Waals surface area contributed by atoms with Gasteiger partial charge in [0.05, 0.1) is 0 Å². The molecule has 2 aromatic rings. The predicted octanol–water partition coefficient (Wildman–Crippen LogP) is 4.44. The number of hydrogen-bond acceptors (Lipinski definition) is 2. The van der Waals surface area contributed by atoms with E-state index in [2.05, 4.69) is 52.3 Å². The Bertz CT molecular complexity index is 538. The van der Waals surface area contributed by atoms with Gasteiger partial charge in [-0.2, -0.15) is 0 Å². The molecule has 3 rings (SSSR count). The molecule has 0 aliphatic heterocycles. The molecule has 0 radical (unpaired) electrons. The van der Waals surface area contributed by atoms with Crippen LogP contribution in [0.15, 0.2) is 36.7 Å². The number of hydrogen-bond donors (Lipinski definition) is 1. The molecule has 1 aromatic heterocycles. The quantitative estimate of drug-likeness (QED) is 0.878. The zero-order valence-electron chi connectivity index (χ0n) is 11.5. The zero-order valence-corrected chi connectivity index (χ0v) is 11.5. The Morgan fingerprint density at radius 2 is 2.05 bits per heavy atom. The van der Waals surface area contributed by atoms with Gasteiger partial charge in [-0.05, 0) is 37.5 Å². The van der Waals surface area contributed by atoms with E-state index < -0.39 is 0 Å². The van der Waals surface area contributed by atoms with Crippen molar-refractivity contribution in [1.82, 2.24) is 9.55 Å². The average molecular weight is 255 g/mol. The molecule has 0 bridgehead atoms. The van der Waals surface area contributed by atoms with Crippen molar-refractivity contribution in [2.45, 2.75) is 45.1 Å². The van der Waals surface area contributed by atoms with Gasteiger partial charge in [0.1, 0.15) is 0 Å². The van der Waals surface area contributed by atoms with Crippen molar-refractivity contribution < 1.29 is 0 Å². The van der Waals surface area contributed by atoms with E-state index in [1.54, 1.807) is 0 Å². The first-order valence-electron chi connectivity index (χ1n) is 7.19. The second-order valence-corrected chi connectivity index (χ2v) is 5.44. The molecule has 100 valence electrons. The fourth-order valence-electron chi connectivity index (χ4n) is 2.92. The summed E-state index contributed by atoms with van der Waals surface area (Å²) in [5.74, 6) is 0.970. The van der Waals surface area contributed by atoms with Gasteiger partial charge in [-0.1, -0.05) is 31.4 Å². The van der Waals surface area contributed by atoms with Gasteiger partial charge in [-0.15, -0.1) is 0 Å². The van der Waals surface area contributed by atoms with Crippen molar-refractivity contribution in [3.05, 3.63) is 42.2 Å². The maximum absolute atomic E-state index is 4.47. The third-order valence-corrected chi connectivity index (χ3v) is 3.91. The van der Waals surface area contributed by atoms with E-state index in [4.69, 9.17) is 0 Å². The second-order valence-electron chi connectivity index (χ2n) is 5.44. The van der Waals surface area contributed by atoms with E-state index in [0.717, 1.165) is 11.6 Å². The first-order chi connectivity index (χ1) is 9.33. The van der Waals surface area contributed by atoms with E-state index in [-0.39, 0.29) is 0 Å². The highest BCUT2D eigenvalue weighted by molar-refractivity contribution is 5.54. The Balaban J connectivity index is 1.80. The van der Waals surface area contributed by atoms with E-state index >= 15 is 0 Å². The highest BCUT2D eigenvalue weighted by Crippen LogP contribution is 2.31. The minimum Gasteiger partial charge on any atom is -0.326 e. The van der Waals surface area contributed by atoms with Crippen molar-refractivity contribution >= 4 is 11.6 Å². The molecule has 1 fully saturated rings. The lowest BCUT2D eigenvalue weighted by Crippen LogP contribution is -2.14. The standard InChI is InChI=1S/C16H21N3/c1-13-6-5-7-14(12-13)18-16-17-10-11-19(16)15-8-3-2-4-9-15/h5-7,10-12,15H,2-4,8-9H2,1H3,(H,17,18). The molecule has 0 amide bonds. The summed E-state index contributed by atoms with van der Waals surface area (Å²) < 4.78 is 2.31. The molecule has 3 nitrogen and oxygen atoms in total. The number of nitrogens with one attached hydrogen (secondary N) is 1. The van der Waals surface area contributed by atoms with Crippen LogP contribution in [0, 0.1) is 6.92 Å². The van der Waals surface area contributed by atoms with Gasteiger partial charge in [-0.25, -0.2) is 4.98 Å². The monoisotopic (exact) mass is 255 g/mol. The number of anilines is 2. The molecule has 1 aromatic carbocycles. The van der Waals surface area contributed by atoms with Crippen LogP contribution in [-0.4, -0.2) is 9.55 Å². The number of aromatic nitrogens is 2. The Kier molecular flexibility index (Phi) is 3.53. The lowest BCUT2D eigenvalue weighted by Gasteiger charge is -2.24. The lowest BCUT2D eigenvalue weighted by molar-refractivity contribution is 0.356. The molecule has 1 aliphatic carbocycles. The Hall–Kier alpha value is -1.77. The summed E-state index contributed by atoms with van der Waals surface area (Å²) >= 11 is 0. The number of aryl methyl sites for hydroxylation is 1. The second kappa shape index (κ2) is 5.47. The van der Waals surface area contributed by atoms with Crippen molar-refractivity contribution in [3.8, 4) is 0 Å². The van der Waals surface area contributed by atoms with Gasteiger partial charge < -0.3 is 9.88 Å². The molecule has 0 spiro atoms. The van der Waals surface area contributed by atoms with Crippen molar-refractivity contribution in [2.24, 2.45) is 0 Å². The third kappa shape index (κ3) is 2.80. The minimum atomic E-state index is 0.614. The minimum absolute atomic E-state index is 0.614. The van der Waals surface area contributed by atoms with Crippen molar-refractivity contribution in [1.29, 1.82) is 0 Å². The maximum Gasteiger partial charge on any atom is 0.207 e. The molecular formula is C16H21N3. The summed E-state index contributed by atoms with van der Waals surface area (Å²) in [6.45, 7) is 2.11. The van der Waals surface area contributed by atoms with E-state index in [1.165, 1.54) is 37.7 Å². The zero-order chi connectivity index (χ0) is 13.1. The average Bonchev–Trinajstić information content (AvgIpc) is 2.88. The summed E-state index contributed by atoms with van der Waals surface area (Å²) in [6, 6.07) is 9.04. The first-order valence-corrected chi connectivity index (χ1v) is 7.19. The van der Waals surface area contributed by atoms with Crippen LogP contribution < -0.4 is 5.32 Å². The summed E-state index contributed by atoms with van der Waals surface area (Å²) in [7, 11) is 0. The van der Waals surface area contributed by atoms with Crippen LogP contribution in [-0.2, 0) is 0 Å². The van der Waals surface area contributed by atoms with Gasteiger partial charge in [-0.3, -0.25) is 0 Å². The van der Waals surface area contributed by atoms with Crippen LogP contribution in [0.5, 0.6) is 0 Å². The number of rotatable bonds is 3. The molecule has 1 N–H and O–H groups in total. The third-order valence-electron chi connectivity index (χ3n) is 3.91. The van der Waals surface area contributed by atoms with E-state index in [1.807, 2.05) is 6.20 Å². The smallest absolute Gasteiger partial charge is 0.207 e. The van der Waals surface area contributed by atoms with Crippen LogP contribution in [0.4, 0.5) is 11.6 Å². The van der Waals surface area contributed by atoms with Gasteiger partial charge in [0.15, 0.2) is 0 Å². The summed E-state index contributed by atoms with van der Waals surface area (Å²) in [5, 5.41) is 3.44. The maximum atomic E-state index is 4.47. The lowest BCUT2D eigenvalue weighted by atomic mass is 9.95. The SMILES string of the molecule is Cc1cccc(Nc2nccn2C2CCCCC2)c1. The Labute approximate surface area is 114 Å². The van der Waals surface area contributed by atoms with Gasteiger partial charge >= 0.3 is 0 Å². The Morgan fingerprint density at radius 3 is 2.84 bits per heavy atom. The molecule has 0 unspecified atom stereocenters. The molecule has 3 heteroatoms. The van der Waals surface area contributed by atoms with E-state index in [9.17, 15) is 0 Å². The number of benzene rings is 1. The van der Waals surface area contributed by atoms with Gasteiger partial charge in [0, 0.05) is 24.1 Å². The molecule has 1 saturated carbocycles. The predicted molar refractivity (Wildman–Crippen MR) is 78.8 cm³/mol. The molecular weight excluding hydrogens is 234 g/mol. The summed E-state index contributed by atoms with van der Waals surface area (Å²) in [4.78, 5) is 4.47. The molecule has 0 atom stereocenters. The summed E-state index contributed by atoms with van der Waals surface area (Å²) in [6.07, 6.45) is 10.6. The van der Waals surface area contributed by atoms with Gasteiger partial charge in [0.2, 0.25) is 5.95 Å². The molecule has 1 heterocycles. The summed E-state index contributed by atoms with van der Waals surface area (Å²) in [5.41, 5.74) is 2.38. The van der Waals surface area contributed by atoms with Crippen molar-refractivity contribution in [2.75, 3.05) is 5.32 Å². The van der Waals surface area contributed by atoms with Crippen LogP contribution >= 0.6 is 0 Å². The number of imidazole rings is 1. The Morgan fingerprint density at radius 1 is 1.21 bits per heavy atom. The topological polar surface area (TPSA) is 29.9 Å². The molecule has 1 aliphatic rings. The van der Waals surface area contributed by atoms with Crippen LogP contribution in [0.2, 0.25) is 0 Å². The first kappa shape index (κ1) is 12.3. The van der Waals surface area contributed by atoms with E-state index in [0.29, 0.717) is 6.04 Å². The van der Waals surface area contributed by atoms with Crippen LogP contribution in [0.25, 0.3) is 0 Å².